The first-order valence-electron chi connectivity index (χ1n) is 7.63. The van der Waals surface area contributed by atoms with Gasteiger partial charge in [-0.25, -0.2) is 0 Å². The monoisotopic (exact) mass is 347 g/mol. The van der Waals surface area contributed by atoms with E-state index in [0.717, 1.165) is 11.4 Å². The Kier molecular flexibility index (Phi) is 5.25. The van der Waals surface area contributed by atoms with Gasteiger partial charge in [0.25, 0.3) is 0 Å². The van der Waals surface area contributed by atoms with Crippen LogP contribution in [-0.2, 0) is 0 Å². The summed E-state index contributed by atoms with van der Waals surface area (Å²) in [5.41, 5.74) is 1.87. The molecule has 1 fully saturated rings. The second-order valence-electron chi connectivity index (χ2n) is 5.52. The predicted molar refractivity (Wildman–Crippen MR) is 98.4 cm³/mol. The van der Waals surface area contributed by atoms with E-state index in [4.69, 9.17) is 23.8 Å². The Morgan fingerprint density at radius 2 is 1.70 bits per heavy atom. The third kappa shape index (κ3) is 4.77. The highest BCUT2D eigenvalue weighted by molar-refractivity contribution is 7.80. The zero-order valence-electron chi connectivity index (χ0n) is 12.6. The fourth-order valence-electron chi connectivity index (χ4n) is 2.59. The van der Waals surface area contributed by atoms with E-state index in [1.54, 1.807) is 12.1 Å². The molecule has 0 aliphatic heterocycles. The van der Waals surface area contributed by atoms with Crippen molar-refractivity contribution in [2.24, 2.45) is 0 Å². The van der Waals surface area contributed by atoms with Crippen LogP contribution in [0.1, 0.15) is 25.7 Å². The molecule has 23 heavy (non-hydrogen) atoms. The SMILES string of the molecule is S=C(Nc1ccc(Nc2ccc(Cl)nn2)cc1)NC1CCCC1. The van der Waals surface area contributed by atoms with E-state index in [9.17, 15) is 0 Å². The normalized spacial score (nSPS) is 14.5. The van der Waals surface area contributed by atoms with Crippen molar-refractivity contribution < 1.29 is 0 Å². The highest BCUT2D eigenvalue weighted by Crippen LogP contribution is 2.19. The van der Waals surface area contributed by atoms with Crippen molar-refractivity contribution in [2.45, 2.75) is 31.7 Å². The molecule has 1 saturated carbocycles. The van der Waals surface area contributed by atoms with Gasteiger partial charge in [0.05, 0.1) is 0 Å². The van der Waals surface area contributed by atoms with E-state index in [1.165, 1.54) is 25.7 Å². The topological polar surface area (TPSA) is 61.9 Å². The van der Waals surface area contributed by atoms with Crippen LogP contribution in [0.2, 0.25) is 5.15 Å². The van der Waals surface area contributed by atoms with Crippen LogP contribution in [-0.4, -0.2) is 21.4 Å². The largest absolute Gasteiger partial charge is 0.360 e. The van der Waals surface area contributed by atoms with Gasteiger partial charge in [-0.05, 0) is 61.5 Å². The van der Waals surface area contributed by atoms with Crippen LogP contribution in [0.25, 0.3) is 0 Å². The van der Waals surface area contributed by atoms with E-state index >= 15 is 0 Å². The molecule has 0 unspecified atom stereocenters. The van der Waals surface area contributed by atoms with Crippen molar-refractivity contribution >= 4 is 46.1 Å². The number of halogens is 1. The van der Waals surface area contributed by atoms with Gasteiger partial charge in [-0.2, -0.15) is 0 Å². The standard InChI is InChI=1S/C16H18ClN5S/c17-14-9-10-15(22-21-14)18-12-5-7-13(8-6-12)20-16(23)19-11-3-1-2-4-11/h5-11H,1-4H2,(H,18,22)(H2,19,20,23). The van der Waals surface area contributed by atoms with Gasteiger partial charge in [0, 0.05) is 17.4 Å². The summed E-state index contributed by atoms with van der Waals surface area (Å²) >= 11 is 11.1. The number of aromatic nitrogens is 2. The van der Waals surface area contributed by atoms with Gasteiger partial charge in [0.2, 0.25) is 0 Å². The lowest BCUT2D eigenvalue weighted by Crippen LogP contribution is -2.35. The molecule has 1 heterocycles. The molecule has 1 aromatic carbocycles. The van der Waals surface area contributed by atoms with Crippen LogP contribution >= 0.6 is 23.8 Å². The van der Waals surface area contributed by atoms with Crippen molar-refractivity contribution in [3.05, 3.63) is 41.6 Å². The molecule has 0 bridgehead atoms. The molecule has 120 valence electrons. The van der Waals surface area contributed by atoms with E-state index in [-0.39, 0.29) is 0 Å². The van der Waals surface area contributed by atoms with Crippen LogP contribution in [0.5, 0.6) is 0 Å². The Hall–Kier alpha value is -1.92. The summed E-state index contributed by atoms with van der Waals surface area (Å²) in [6.45, 7) is 0. The van der Waals surface area contributed by atoms with Crippen LogP contribution in [0.4, 0.5) is 17.2 Å². The van der Waals surface area contributed by atoms with Crippen molar-refractivity contribution in [1.29, 1.82) is 0 Å². The first-order valence-corrected chi connectivity index (χ1v) is 8.41. The molecule has 0 saturated heterocycles. The molecule has 5 nitrogen and oxygen atoms in total. The number of hydrogen-bond acceptors (Lipinski definition) is 4. The molecule has 0 atom stereocenters. The zero-order valence-corrected chi connectivity index (χ0v) is 14.1. The van der Waals surface area contributed by atoms with Crippen molar-refractivity contribution in [2.75, 3.05) is 10.6 Å². The van der Waals surface area contributed by atoms with Crippen LogP contribution in [0, 0.1) is 0 Å². The van der Waals surface area contributed by atoms with E-state index < -0.39 is 0 Å². The zero-order chi connectivity index (χ0) is 16.1. The summed E-state index contributed by atoms with van der Waals surface area (Å²) in [7, 11) is 0. The number of benzene rings is 1. The Morgan fingerprint density at radius 1 is 1.00 bits per heavy atom. The van der Waals surface area contributed by atoms with E-state index in [0.29, 0.717) is 22.1 Å². The molecule has 0 spiro atoms. The minimum atomic E-state index is 0.373. The quantitative estimate of drug-likeness (QED) is 0.724. The highest BCUT2D eigenvalue weighted by Gasteiger charge is 2.15. The molecule has 0 amide bonds. The number of rotatable bonds is 4. The molecule has 1 aromatic heterocycles. The van der Waals surface area contributed by atoms with E-state index in [2.05, 4.69) is 26.1 Å². The summed E-state index contributed by atoms with van der Waals surface area (Å²) in [5.74, 6) is 0.647. The van der Waals surface area contributed by atoms with E-state index in [1.807, 2.05) is 24.3 Å². The third-order valence-corrected chi connectivity index (χ3v) is 4.16. The van der Waals surface area contributed by atoms with Crippen molar-refractivity contribution in [1.82, 2.24) is 15.5 Å². The van der Waals surface area contributed by atoms with Gasteiger partial charge in [-0.1, -0.05) is 24.4 Å². The van der Waals surface area contributed by atoms with Gasteiger partial charge in [0.15, 0.2) is 16.1 Å². The van der Waals surface area contributed by atoms with Crippen LogP contribution in [0.3, 0.4) is 0 Å². The van der Waals surface area contributed by atoms with Crippen LogP contribution in [0.15, 0.2) is 36.4 Å². The molecular weight excluding hydrogens is 330 g/mol. The lowest BCUT2D eigenvalue weighted by Gasteiger charge is -2.16. The maximum absolute atomic E-state index is 5.72. The molecular formula is C16H18ClN5S. The predicted octanol–water partition coefficient (Wildman–Crippen LogP) is 4.10. The molecule has 2 aromatic rings. The number of anilines is 3. The van der Waals surface area contributed by atoms with Crippen molar-refractivity contribution in [3.63, 3.8) is 0 Å². The van der Waals surface area contributed by atoms with Gasteiger partial charge in [-0.3, -0.25) is 0 Å². The minimum Gasteiger partial charge on any atom is -0.360 e. The maximum Gasteiger partial charge on any atom is 0.170 e. The number of nitrogens with zero attached hydrogens (tertiary/aromatic N) is 2. The Balaban J connectivity index is 1.54. The second-order valence-corrected chi connectivity index (χ2v) is 6.32. The Labute approximate surface area is 145 Å². The van der Waals surface area contributed by atoms with Gasteiger partial charge >= 0.3 is 0 Å². The summed E-state index contributed by atoms with van der Waals surface area (Å²) in [4.78, 5) is 0. The molecule has 3 N–H and O–H groups in total. The number of nitrogens with one attached hydrogen (secondary N) is 3. The van der Waals surface area contributed by atoms with Gasteiger partial charge < -0.3 is 16.0 Å². The fourth-order valence-corrected chi connectivity index (χ4v) is 2.98. The van der Waals surface area contributed by atoms with Gasteiger partial charge in [0.1, 0.15) is 0 Å². The first-order chi connectivity index (χ1) is 11.2. The lowest BCUT2D eigenvalue weighted by molar-refractivity contribution is 0.634. The molecule has 1 aliphatic carbocycles. The Bertz CT molecular complexity index is 653. The molecule has 0 radical (unpaired) electrons. The first kappa shape index (κ1) is 16.0. The fraction of sp³-hybridized carbons (Fsp3) is 0.312. The molecule has 3 rings (SSSR count). The summed E-state index contributed by atoms with van der Waals surface area (Å²) in [6, 6.07) is 11.8. The minimum absolute atomic E-state index is 0.373. The average molecular weight is 348 g/mol. The third-order valence-electron chi connectivity index (χ3n) is 3.74. The molecule has 7 heteroatoms. The number of thiocarbonyl (C=S) groups is 1. The van der Waals surface area contributed by atoms with Crippen molar-refractivity contribution in [3.8, 4) is 0 Å². The second kappa shape index (κ2) is 7.57. The lowest BCUT2D eigenvalue weighted by atomic mass is 10.2. The van der Waals surface area contributed by atoms with Crippen LogP contribution < -0.4 is 16.0 Å². The smallest absolute Gasteiger partial charge is 0.170 e. The summed E-state index contributed by atoms with van der Waals surface area (Å²) < 4.78 is 0. The summed E-state index contributed by atoms with van der Waals surface area (Å²) in [6.07, 6.45) is 4.97. The van der Waals surface area contributed by atoms with Gasteiger partial charge in [-0.15, -0.1) is 10.2 Å². The number of hydrogen-bond donors (Lipinski definition) is 3. The molecule has 1 aliphatic rings. The summed E-state index contributed by atoms with van der Waals surface area (Å²) in [5, 5.41) is 18.6. The average Bonchev–Trinajstić information content (AvgIpc) is 3.04. The highest BCUT2D eigenvalue weighted by atomic mass is 35.5. The maximum atomic E-state index is 5.72. The Morgan fingerprint density at radius 3 is 2.35 bits per heavy atom.